The van der Waals surface area contributed by atoms with E-state index in [1.54, 1.807) is 12.3 Å². The number of rotatable bonds is 2. The number of hydrogen-bond acceptors (Lipinski definition) is 2. The minimum atomic E-state index is -0.146. The van der Waals surface area contributed by atoms with Gasteiger partial charge in [-0.15, -0.1) is 0 Å². The second kappa shape index (κ2) is 4.28. The van der Waals surface area contributed by atoms with Gasteiger partial charge >= 0.3 is 0 Å². The van der Waals surface area contributed by atoms with E-state index in [1.165, 1.54) is 0 Å². The monoisotopic (exact) mass is 236 g/mol. The van der Waals surface area contributed by atoms with Gasteiger partial charge in [0.25, 0.3) is 5.56 Å². The summed E-state index contributed by atoms with van der Waals surface area (Å²) in [5.74, 6) is 0. The van der Waals surface area contributed by atoms with Gasteiger partial charge in [0.15, 0.2) is 0 Å². The third-order valence-electron chi connectivity index (χ3n) is 2.81. The quantitative estimate of drug-likeness (QED) is 0.842. The van der Waals surface area contributed by atoms with Crippen molar-refractivity contribution >= 4 is 22.4 Å². The normalized spacial score (nSPS) is 12.9. The minimum absolute atomic E-state index is 0.146. The molecule has 84 valence electrons. The SMILES string of the molecule is CNC(C)c1c[nH]c(=O)c2c(Cl)cccc12. The van der Waals surface area contributed by atoms with E-state index in [0.29, 0.717) is 10.4 Å². The van der Waals surface area contributed by atoms with Crippen LogP contribution in [0.15, 0.2) is 29.2 Å². The maximum atomic E-state index is 11.7. The van der Waals surface area contributed by atoms with Crippen molar-refractivity contribution in [3.8, 4) is 0 Å². The Hall–Kier alpha value is -1.32. The molecule has 0 radical (unpaired) electrons. The zero-order valence-corrected chi connectivity index (χ0v) is 9.93. The lowest BCUT2D eigenvalue weighted by molar-refractivity contribution is 0.654. The van der Waals surface area contributed by atoms with E-state index in [0.717, 1.165) is 10.9 Å². The number of pyridine rings is 1. The largest absolute Gasteiger partial charge is 0.328 e. The van der Waals surface area contributed by atoms with E-state index in [9.17, 15) is 4.79 Å². The molecule has 0 aliphatic rings. The summed E-state index contributed by atoms with van der Waals surface area (Å²) < 4.78 is 0. The molecular formula is C12H13ClN2O. The molecule has 0 spiro atoms. The van der Waals surface area contributed by atoms with Gasteiger partial charge in [-0.05, 0) is 31.0 Å². The highest BCUT2D eigenvalue weighted by Gasteiger charge is 2.11. The number of benzene rings is 1. The van der Waals surface area contributed by atoms with E-state index >= 15 is 0 Å². The fourth-order valence-electron chi connectivity index (χ4n) is 1.80. The van der Waals surface area contributed by atoms with Gasteiger partial charge in [-0.2, -0.15) is 0 Å². The molecule has 0 amide bonds. The van der Waals surface area contributed by atoms with E-state index in [1.807, 2.05) is 26.1 Å². The number of nitrogens with one attached hydrogen (secondary N) is 2. The van der Waals surface area contributed by atoms with Gasteiger partial charge < -0.3 is 10.3 Å². The van der Waals surface area contributed by atoms with Gasteiger partial charge in [0, 0.05) is 12.2 Å². The molecule has 0 aliphatic carbocycles. The van der Waals surface area contributed by atoms with Crippen molar-refractivity contribution in [3.05, 3.63) is 45.3 Å². The summed E-state index contributed by atoms with van der Waals surface area (Å²) in [6, 6.07) is 5.67. The van der Waals surface area contributed by atoms with Crippen LogP contribution in [-0.4, -0.2) is 12.0 Å². The predicted molar refractivity (Wildman–Crippen MR) is 67.1 cm³/mol. The molecule has 1 aromatic heterocycles. The number of halogens is 1. The average molecular weight is 237 g/mol. The van der Waals surface area contributed by atoms with E-state index in [4.69, 9.17) is 11.6 Å². The summed E-state index contributed by atoms with van der Waals surface area (Å²) in [5.41, 5.74) is 0.896. The first-order chi connectivity index (χ1) is 7.65. The van der Waals surface area contributed by atoms with Gasteiger partial charge in [-0.1, -0.05) is 23.7 Å². The van der Waals surface area contributed by atoms with Crippen LogP contribution in [0.1, 0.15) is 18.5 Å². The van der Waals surface area contributed by atoms with Gasteiger partial charge in [0.1, 0.15) is 0 Å². The fraction of sp³-hybridized carbons (Fsp3) is 0.250. The molecule has 3 nitrogen and oxygen atoms in total. The first-order valence-corrected chi connectivity index (χ1v) is 5.50. The molecule has 2 aromatic rings. The standard InChI is InChI=1S/C12H13ClN2O/c1-7(14-2)9-6-15-12(16)11-8(9)4-3-5-10(11)13/h3-7,14H,1-2H3,(H,15,16). The lowest BCUT2D eigenvalue weighted by Gasteiger charge is -2.13. The van der Waals surface area contributed by atoms with Crippen molar-refractivity contribution in [2.75, 3.05) is 7.05 Å². The number of aromatic amines is 1. The van der Waals surface area contributed by atoms with Crippen LogP contribution < -0.4 is 10.9 Å². The molecule has 2 N–H and O–H groups in total. The summed E-state index contributed by atoms with van der Waals surface area (Å²) >= 11 is 6.04. The van der Waals surface area contributed by atoms with Crippen LogP contribution in [0.2, 0.25) is 5.02 Å². The van der Waals surface area contributed by atoms with Crippen LogP contribution in [0.5, 0.6) is 0 Å². The predicted octanol–water partition coefficient (Wildman–Crippen LogP) is 2.46. The first kappa shape index (κ1) is 11.2. The van der Waals surface area contributed by atoms with Gasteiger partial charge in [0.2, 0.25) is 0 Å². The molecule has 0 bridgehead atoms. The fourth-order valence-corrected chi connectivity index (χ4v) is 2.06. The highest BCUT2D eigenvalue weighted by molar-refractivity contribution is 6.35. The lowest BCUT2D eigenvalue weighted by atomic mass is 10.0. The van der Waals surface area contributed by atoms with Crippen LogP contribution in [0.4, 0.5) is 0 Å². The summed E-state index contributed by atoms with van der Waals surface area (Å²) in [6.45, 7) is 2.04. The van der Waals surface area contributed by atoms with Gasteiger partial charge in [-0.3, -0.25) is 4.79 Å². The van der Waals surface area contributed by atoms with Crippen LogP contribution >= 0.6 is 11.6 Å². The van der Waals surface area contributed by atoms with Gasteiger partial charge in [-0.25, -0.2) is 0 Å². The Morgan fingerprint density at radius 2 is 2.19 bits per heavy atom. The molecular weight excluding hydrogens is 224 g/mol. The molecule has 0 saturated heterocycles. The van der Waals surface area contributed by atoms with Crippen molar-refractivity contribution in [2.45, 2.75) is 13.0 Å². The zero-order valence-electron chi connectivity index (χ0n) is 9.17. The van der Waals surface area contributed by atoms with Crippen molar-refractivity contribution in [2.24, 2.45) is 0 Å². The Bertz CT molecular complexity index is 577. The van der Waals surface area contributed by atoms with Crippen molar-refractivity contribution in [1.82, 2.24) is 10.3 Å². The number of H-pyrrole nitrogens is 1. The molecule has 1 heterocycles. The second-order valence-electron chi connectivity index (χ2n) is 3.75. The van der Waals surface area contributed by atoms with Crippen LogP contribution in [0.3, 0.4) is 0 Å². The topological polar surface area (TPSA) is 44.9 Å². The van der Waals surface area contributed by atoms with E-state index < -0.39 is 0 Å². The van der Waals surface area contributed by atoms with Crippen molar-refractivity contribution in [1.29, 1.82) is 0 Å². The van der Waals surface area contributed by atoms with E-state index in [2.05, 4.69) is 10.3 Å². The van der Waals surface area contributed by atoms with Crippen LogP contribution in [0, 0.1) is 0 Å². The number of aromatic nitrogens is 1. The molecule has 1 aromatic carbocycles. The summed E-state index contributed by atoms with van der Waals surface area (Å²) in [4.78, 5) is 14.4. The smallest absolute Gasteiger partial charge is 0.257 e. The molecule has 0 fully saturated rings. The molecule has 0 saturated carbocycles. The van der Waals surface area contributed by atoms with E-state index in [-0.39, 0.29) is 11.6 Å². The Morgan fingerprint density at radius 1 is 1.44 bits per heavy atom. The minimum Gasteiger partial charge on any atom is -0.328 e. The molecule has 16 heavy (non-hydrogen) atoms. The summed E-state index contributed by atoms with van der Waals surface area (Å²) in [5, 5.41) is 5.10. The molecule has 0 aliphatic heterocycles. The van der Waals surface area contributed by atoms with Crippen molar-refractivity contribution < 1.29 is 0 Å². The highest BCUT2D eigenvalue weighted by Crippen LogP contribution is 2.25. The summed E-state index contributed by atoms with van der Waals surface area (Å²) in [6.07, 6.45) is 1.74. The summed E-state index contributed by atoms with van der Waals surface area (Å²) in [7, 11) is 1.88. The molecule has 1 unspecified atom stereocenters. The number of fused-ring (bicyclic) bond motifs is 1. The van der Waals surface area contributed by atoms with Crippen molar-refractivity contribution in [3.63, 3.8) is 0 Å². The Labute approximate surface area is 98.4 Å². The number of hydrogen-bond donors (Lipinski definition) is 2. The van der Waals surface area contributed by atoms with Crippen LogP contribution in [-0.2, 0) is 0 Å². The molecule has 4 heteroatoms. The maximum Gasteiger partial charge on any atom is 0.257 e. The highest BCUT2D eigenvalue weighted by atomic mass is 35.5. The third-order valence-corrected chi connectivity index (χ3v) is 3.12. The average Bonchev–Trinajstić information content (AvgIpc) is 2.28. The second-order valence-corrected chi connectivity index (χ2v) is 4.15. The zero-order chi connectivity index (χ0) is 11.7. The van der Waals surface area contributed by atoms with Crippen LogP contribution in [0.25, 0.3) is 10.8 Å². The lowest BCUT2D eigenvalue weighted by Crippen LogP contribution is -2.16. The molecule has 2 rings (SSSR count). The Kier molecular flexibility index (Phi) is 2.99. The van der Waals surface area contributed by atoms with Gasteiger partial charge in [0.05, 0.1) is 10.4 Å². The molecule has 1 atom stereocenters. The third kappa shape index (κ3) is 1.72. The Balaban J connectivity index is 2.84. The Morgan fingerprint density at radius 3 is 2.88 bits per heavy atom. The first-order valence-electron chi connectivity index (χ1n) is 5.12. The maximum absolute atomic E-state index is 11.7.